The molecule has 0 saturated heterocycles. The first kappa shape index (κ1) is 20.2. The molecule has 24 heavy (non-hydrogen) atoms. The Hall–Kier alpha value is -1.88. The van der Waals surface area contributed by atoms with E-state index in [1.54, 1.807) is 18.2 Å². The molecule has 2 amide bonds. The number of aliphatic hydroxyl groups excluding tert-OH is 1. The van der Waals surface area contributed by atoms with Crippen LogP contribution < -0.4 is 10.6 Å². The summed E-state index contributed by atoms with van der Waals surface area (Å²) in [5.41, 5.74) is 2.07. The molecule has 3 N–H and O–H groups in total. The number of aryl methyl sites for hydroxylation is 1. The highest BCUT2D eigenvalue weighted by Crippen LogP contribution is 2.17. The average molecular weight is 334 g/mol. The maximum Gasteiger partial charge on any atom is 0.251 e. The van der Waals surface area contributed by atoms with Gasteiger partial charge in [0, 0.05) is 24.2 Å². The Morgan fingerprint density at radius 2 is 1.88 bits per heavy atom. The Bertz CT molecular complexity index is 570. The van der Waals surface area contributed by atoms with E-state index in [2.05, 4.69) is 10.6 Å². The summed E-state index contributed by atoms with van der Waals surface area (Å²) >= 11 is 0. The minimum absolute atomic E-state index is 0.0259. The van der Waals surface area contributed by atoms with Crippen LogP contribution in [-0.2, 0) is 4.79 Å². The van der Waals surface area contributed by atoms with Crippen LogP contribution in [-0.4, -0.2) is 29.6 Å². The molecule has 1 aromatic carbocycles. The van der Waals surface area contributed by atoms with E-state index in [4.69, 9.17) is 0 Å². The van der Waals surface area contributed by atoms with Crippen molar-refractivity contribution in [2.75, 3.05) is 11.9 Å². The highest BCUT2D eigenvalue weighted by Gasteiger charge is 2.15. The third kappa shape index (κ3) is 6.32. The van der Waals surface area contributed by atoms with Crippen LogP contribution in [0.25, 0.3) is 0 Å². The van der Waals surface area contributed by atoms with Gasteiger partial charge in [-0.05, 0) is 42.5 Å². The second-order valence-electron chi connectivity index (χ2n) is 6.84. The fourth-order valence-corrected chi connectivity index (χ4v) is 2.29. The minimum Gasteiger partial charge on any atom is -0.391 e. The van der Waals surface area contributed by atoms with Gasteiger partial charge in [-0.1, -0.05) is 34.1 Å². The van der Waals surface area contributed by atoms with E-state index in [1.807, 2.05) is 34.6 Å². The molecule has 2 atom stereocenters. The van der Waals surface area contributed by atoms with Gasteiger partial charge in [-0.2, -0.15) is 0 Å². The van der Waals surface area contributed by atoms with Crippen molar-refractivity contribution in [3.8, 4) is 0 Å². The molecule has 0 heterocycles. The molecule has 2 unspecified atom stereocenters. The molecule has 0 aromatic heterocycles. The zero-order chi connectivity index (χ0) is 18.3. The molecule has 0 aliphatic carbocycles. The van der Waals surface area contributed by atoms with Gasteiger partial charge in [-0.3, -0.25) is 9.59 Å². The lowest BCUT2D eigenvalue weighted by atomic mass is 10.0. The van der Waals surface area contributed by atoms with Gasteiger partial charge in [-0.25, -0.2) is 0 Å². The monoisotopic (exact) mass is 334 g/mol. The Morgan fingerprint density at radius 3 is 2.42 bits per heavy atom. The van der Waals surface area contributed by atoms with Crippen LogP contribution >= 0.6 is 0 Å². The van der Waals surface area contributed by atoms with E-state index in [9.17, 15) is 14.7 Å². The van der Waals surface area contributed by atoms with Crippen LogP contribution in [0.4, 0.5) is 5.69 Å². The number of amides is 2. The zero-order valence-electron chi connectivity index (χ0n) is 15.3. The largest absolute Gasteiger partial charge is 0.391 e. The summed E-state index contributed by atoms with van der Waals surface area (Å²) in [4.78, 5) is 24.0. The van der Waals surface area contributed by atoms with Crippen LogP contribution in [0, 0.1) is 18.8 Å². The smallest absolute Gasteiger partial charge is 0.251 e. The molecule has 0 aliphatic heterocycles. The van der Waals surface area contributed by atoms with Crippen LogP contribution in [0.5, 0.6) is 0 Å². The predicted octanol–water partition coefficient (Wildman–Crippen LogP) is 3.12. The number of anilines is 1. The number of aliphatic hydroxyl groups is 1. The summed E-state index contributed by atoms with van der Waals surface area (Å²) in [6, 6.07) is 5.17. The van der Waals surface area contributed by atoms with E-state index in [1.165, 1.54) is 0 Å². The van der Waals surface area contributed by atoms with Crippen LogP contribution in [0.15, 0.2) is 18.2 Å². The first-order valence-corrected chi connectivity index (χ1v) is 8.61. The van der Waals surface area contributed by atoms with Gasteiger partial charge in [0.15, 0.2) is 0 Å². The second kappa shape index (κ2) is 9.42. The van der Waals surface area contributed by atoms with Crippen molar-refractivity contribution in [1.29, 1.82) is 0 Å². The lowest BCUT2D eigenvalue weighted by molar-refractivity contribution is -0.116. The van der Waals surface area contributed by atoms with Crippen LogP contribution in [0.2, 0.25) is 0 Å². The van der Waals surface area contributed by atoms with Crippen LogP contribution in [0.1, 0.15) is 56.5 Å². The number of carbonyl (C=O) groups excluding carboxylic acids is 2. The Morgan fingerprint density at radius 1 is 1.21 bits per heavy atom. The fourth-order valence-electron chi connectivity index (χ4n) is 2.29. The third-order valence-electron chi connectivity index (χ3n) is 4.13. The van der Waals surface area contributed by atoms with Crippen LogP contribution in [0.3, 0.4) is 0 Å². The summed E-state index contributed by atoms with van der Waals surface area (Å²) in [5.74, 6) is 0.195. The molecule has 134 valence electrons. The number of rotatable bonds is 8. The SMILES string of the molecule is CCC(C)C(O)CNC(=O)c1ccc(NC(=O)CC(C)C)c(C)c1. The normalized spacial score (nSPS) is 13.5. The summed E-state index contributed by atoms with van der Waals surface area (Å²) in [7, 11) is 0. The molecule has 0 aliphatic rings. The first-order valence-electron chi connectivity index (χ1n) is 8.61. The first-order chi connectivity index (χ1) is 11.2. The Labute approximate surface area is 144 Å². The molecule has 1 rings (SSSR count). The number of benzene rings is 1. The average Bonchev–Trinajstić information content (AvgIpc) is 2.52. The van der Waals surface area contributed by atoms with Crippen molar-refractivity contribution in [3.63, 3.8) is 0 Å². The topological polar surface area (TPSA) is 78.4 Å². The number of nitrogens with one attached hydrogen (secondary N) is 2. The molecule has 0 bridgehead atoms. The third-order valence-corrected chi connectivity index (χ3v) is 4.13. The summed E-state index contributed by atoms with van der Waals surface area (Å²) < 4.78 is 0. The van der Waals surface area contributed by atoms with Gasteiger partial charge < -0.3 is 15.7 Å². The van der Waals surface area contributed by atoms with Gasteiger partial charge in [0.25, 0.3) is 5.91 Å². The molecule has 5 heteroatoms. The van der Waals surface area contributed by atoms with E-state index in [-0.39, 0.29) is 24.3 Å². The minimum atomic E-state index is -0.547. The van der Waals surface area contributed by atoms with Gasteiger partial charge in [0.2, 0.25) is 5.91 Å². The number of hydrogen-bond donors (Lipinski definition) is 3. The molecule has 0 radical (unpaired) electrons. The fraction of sp³-hybridized carbons (Fsp3) is 0.579. The van der Waals surface area contributed by atoms with E-state index >= 15 is 0 Å². The lowest BCUT2D eigenvalue weighted by Gasteiger charge is -2.18. The molecule has 1 aromatic rings. The van der Waals surface area contributed by atoms with Crippen molar-refractivity contribution >= 4 is 17.5 Å². The van der Waals surface area contributed by atoms with Crippen molar-refractivity contribution < 1.29 is 14.7 Å². The van der Waals surface area contributed by atoms with Crippen molar-refractivity contribution in [1.82, 2.24) is 5.32 Å². The summed E-state index contributed by atoms with van der Waals surface area (Å²) in [5, 5.41) is 15.5. The highest BCUT2D eigenvalue weighted by molar-refractivity contribution is 5.96. The van der Waals surface area contributed by atoms with Gasteiger partial charge in [0.1, 0.15) is 0 Å². The molecule has 0 spiro atoms. The predicted molar refractivity (Wildman–Crippen MR) is 97.1 cm³/mol. The summed E-state index contributed by atoms with van der Waals surface area (Å²) in [6.07, 6.45) is 0.783. The zero-order valence-corrected chi connectivity index (χ0v) is 15.3. The molecular weight excluding hydrogens is 304 g/mol. The standard InChI is InChI=1S/C19H30N2O3/c1-6-13(4)17(22)11-20-19(24)15-7-8-16(14(5)10-15)21-18(23)9-12(2)3/h7-8,10,12-13,17,22H,6,9,11H2,1-5H3,(H,20,24)(H,21,23). The number of carbonyl (C=O) groups is 2. The van der Waals surface area contributed by atoms with Crippen molar-refractivity contribution in [2.45, 2.75) is 53.6 Å². The van der Waals surface area contributed by atoms with E-state index < -0.39 is 6.10 Å². The molecule has 5 nitrogen and oxygen atoms in total. The molecular formula is C19H30N2O3. The van der Waals surface area contributed by atoms with Gasteiger partial charge >= 0.3 is 0 Å². The Kier molecular flexibility index (Phi) is 7.92. The summed E-state index contributed by atoms with van der Waals surface area (Å²) in [6.45, 7) is 10.0. The van der Waals surface area contributed by atoms with Gasteiger partial charge in [-0.15, -0.1) is 0 Å². The molecule has 0 saturated carbocycles. The van der Waals surface area contributed by atoms with Gasteiger partial charge in [0.05, 0.1) is 6.10 Å². The maximum absolute atomic E-state index is 12.2. The lowest BCUT2D eigenvalue weighted by Crippen LogP contribution is -2.35. The van der Waals surface area contributed by atoms with Crippen molar-refractivity contribution in [3.05, 3.63) is 29.3 Å². The number of hydrogen-bond acceptors (Lipinski definition) is 3. The second-order valence-corrected chi connectivity index (χ2v) is 6.84. The van der Waals surface area contributed by atoms with E-state index in [0.29, 0.717) is 17.9 Å². The quantitative estimate of drug-likeness (QED) is 0.683. The van der Waals surface area contributed by atoms with E-state index in [0.717, 1.165) is 17.7 Å². The Balaban J connectivity index is 2.66. The molecule has 0 fully saturated rings. The van der Waals surface area contributed by atoms with Crippen molar-refractivity contribution in [2.24, 2.45) is 11.8 Å². The maximum atomic E-state index is 12.2. The highest BCUT2D eigenvalue weighted by atomic mass is 16.3.